The topological polar surface area (TPSA) is 83.7 Å². The zero-order valence-electron chi connectivity index (χ0n) is 18.4. The number of hydrogen-bond donors (Lipinski definition) is 1. The molecule has 3 rings (SSSR count). The first-order chi connectivity index (χ1) is 15.0. The van der Waals surface area contributed by atoms with Gasteiger partial charge in [0.25, 0.3) is 0 Å². The Labute approximate surface area is 181 Å². The fourth-order valence-electron chi connectivity index (χ4n) is 3.67. The van der Waals surface area contributed by atoms with Crippen molar-refractivity contribution in [3.8, 4) is 17.2 Å². The van der Waals surface area contributed by atoms with Gasteiger partial charge in [-0.25, -0.2) is 4.79 Å². The van der Waals surface area contributed by atoms with E-state index in [0.717, 1.165) is 23.0 Å². The number of nitrogens with zero attached hydrogens (tertiary/aromatic N) is 2. The summed E-state index contributed by atoms with van der Waals surface area (Å²) in [4.78, 5) is 25.3. The lowest BCUT2D eigenvalue weighted by Crippen LogP contribution is -2.28. The predicted octanol–water partition coefficient (Wildman–Crippen LogP) is 2.95. The largest absolute Gasteiger partial charge is 0.493 e. The molecule has 8 nitrogen and oxygen atoms in total. The first-order valence-electron chi connectivity index (χ1n) is 10.3. The highest BCUT2D eigenvalue weighted by Gasteiger charge is 2.15. The number of methoxy groups -OCH3 is 3. The van der Waals surface area contributed by atoms with Gasteiger partial charge in [0.15, 0.2) is 11.5 Å². The van der Waals surface area contributed by atoms with Crippen LogP contribution in [0.1, 0.15) is 25.3 Å². The summed E-state index contributed by atoms with van der Waals surface area (Å²) in [5.74, 6) is 1.42. The normalized spacial score (nSPS) is 10.8. The van der Waals surface area contributed by atoms with Crippen molar-refractivity contribution in [3.05, 3.63) is 52.4 Å². The van der Waals surface area contributed by atoms with E-state index in [-0.39, 0.29) is 18.0 Å². The number of imidazole rings is 1. The number of fused-ring (bicyclic) bond motifs is 1. The number of nitrogens with one attached hydrogen (secondary N) is 1. The number of rotatable bonds is 10. The van der Waals surface area contributed by atoms with Crippen molar-refractivity contribution in [2.75, 3.05) is 21.3 Å². The van der Waals surface area contributed by atoms with Crippen molar-refractivity contribution in [1.29, 1.82) is 0 Å². The predicted molar refractivity (Wildman–Crippen MR) is 119 cm³/mol. The summed E-state index contributed by atoms with van der Waals surface area (Å²) in [6.45, 7) is 3.31. The van der Waals surface area contributed by atoms with Crippen LogP contribution in [0.25, 0.3) is 11.0 Å². The average Bonchev–Trinajstić information content (AvgIpc) is 3.06. The Balaban J connectivity index is 1.69. The molecule has 0 aliphatic carbocycles. The van der Waals surface area contributed by atoms with Crippen molar-refractivity contribution < 1.29 is 19.0 Å². The number of ether oxygens (including phenoxy) is 3. The number of carbonyl (C=O) groups is 1. The smallest absolute Gasteiger partial charge is 0.329 e. The second-order valence-corrected chi connectivity index (χ2v) is 7.13. The van der Waals surface area contributed by atoms with Crippen LogP contribution in [0.2, 0.25) is 0 Å². The fraction of sp³-hybridized carbons (Fsp3) is 0.391. The molecular weight excluding hydrogens is 398 g/mol. The van der Waals surface area contributed by atoms with E-state index in [1.54, 1.807) is 42.6 Å². The van der Waals surface area contributed by atoms with E-state index < -0.39 is 0 Å². The molecule has 1 N–H and O–H groups in total. The van der Waals surface area contributed by atoms with E-state index in [1.807, 2.05) is 31.2 Å². The standard InChI is InChI=1S/C23H29N3O5/c1-5-11-25-17-8-6-7-9-18(17)26(23(25)28)12-10-21(27)24-15-16-13-19(29-2)22(31-4)20(14-16)30-3/h6-9,13-14H,5,10-12,15H2,1-4H3,(H,24,27). The number of aryl methyl sites for hydroxylation is 2. The highest BCUT2D eigenvalue weighted by Crippen LogP contribution is 2.38. The first-order valence-corrected chi connectivity index (χ1v) is 10.3. The number of amides is 1. The quantitative estimate of drug-likeness (QED) is 0.538. The minimum atomic E-state index is -0.145. The molecule has 0 atom stereocenters. The van der Waals surface area contributed by atoms with Gasteiger partial charge >= 0.3 is 5.69 Å². The molecule has 0 aliphatic rings. The van der Waals surface area contributed by atoms with Crippen molar-refractivity contribution in [2.45, 2.75) is 39.4 Å². The summed E-state index contributed by atoms with van der Waals surface area (Å²) in [6.07, 6.45) is 1.06. The van der Waals surface area contributed by atoms with Crippen molar-refractivity contribution in [2.24, 2.45) is 0 Å². The molecule has 31 heavy (non-hydrogen) atoms. The Bertz CT molecular complexity index is 1090. The molecule has 0 radical (unpaired) electrons. The summed E-state index contributed by atoms with van der Waals surface area (Å²) in [5, 5.41) is 2.90. The number of hydrogen-bond acceptors (Lipinski definition) is 5. The Morgan fingerprint density at radius 3 is 2.03 bits per heavy atom. The van der Waals surface area contributed by atoms with Gasteiger partial charge in [0, 0.05) is 26.1 Å². The zero-order chi connectivity index (χ0) is 22.4. The molecule has 1 aromatic heterocycles. The molecule has 0 aliphatic heterocycles. The molecule has 8 heteroatoms. The van der Waals surface area contributed by atoms with E-state index in [1.165, 1.54) is 0 Å². The van der Waals surface area contributed by atoms with E-state index in [9.17, 15) is 9.59 Å². The Morgan fingerprint density at radius 1 is 0.935 bits per heavy atom. The number of aromatic nitrogens is 2. The SMILES string of the molecule is CCCn1c(=O)n(CCC(=O)NCc2cc(OC)c(OC)c(OC)c2)c2ccccc21. The second kappa shape index (κ2) is 10.1. The van der Waals surface area contributed by atoms with Crippen LogP contribution in [0.4, 0.5) is 0 Å². The Hall–Kier alpha value is -3.42. The Kier molecular flexibility index (Phi) is 7.23. The molecule has 166 valence electrons. The molecule has 0 saturated carbocycles. The summed E-state index contributed by atoms with van der Waals surface area (Å²) in [6, 6.07) is 11.3. The van der Waals surface area contributed by atoms with Crippen LogP contribution in [0.15, 0.2) is 41.2 Å². The highest BCUT2D eigenvalue weighted by molar-refractivity contribution is 5.78. The third kappa shape index (κ3) is 4.68. The van der Waals surface area contributed by atoms with Crippen molar-refractivity contribution in [3.63, 3.8) is 0 Å². The first kappa shape index (κ1) is 22.3. The second-order valence-electron chi connectivity index (χ2n) is 7.13. The van der Waals surface area contributed by atoms with Crippen molar-refractivity contribution in [1.82, 2.24) is 14.5 Å². The van der Waals surface area contributed by atoms with Crippen LogP contribution in [0.3, 0.4) is 0 Å². The minimum absolute atomic E-state index is 0.0829. The van der Waals surface area contributed by atoms with Gasteiger partial charge in [-0.05, 0) is 36.2 Å². The van der Waals surface area contributed by atoms with E-state index in [0.29, 0.717) is 36.9 Å². The average molecular weight is 428 g/mol. The maximum Gasteiger partial charge on any atom is 0.329 e. The molecule has 1 heterocycles. The van der Waals surface area contributed by atoms with Gasteiger partial charge in [-0.15, -0.1) is 0 Å². The fourth-order valence-corrected chi connectivity index (χ4v) is 3.67. The monoisotopic (exact) mass is 427 g/mol. The van der Waals surface area contributed by atoms with Gasteiger partial charge in [-0.2, -0.15) is 0 Å². The van der Waals surface area contributed by atoms with Crippen molar-refractivity contribution >= 4 is 16.9 Å². The molecule has 1 amide bonds. The van der Waals surface area contributed by atoms with E-state index in [4.69, 9.17) is 14.2 Å². The van der Waals surface area contributed by atoms with Crippen LogP contribution >= 0.6 is 0 Å². The summed E-state index contributed by atoms with van der Waals surface area (Å²) < 4.78 is 19.5. The third-order valence-corrected chi connectivity index (χ3v) is 5.15. The van der Waals surface area contributed by atoms with E-state index in [2.05, 4.69) is 5.32 Å². The zero-order valence-corrected chi connectivity index (χ0v) is 18.4. The molecule has 0 fully saturated rings. The Morgan fingerprint density at radius 2 is 1.52 bits per heavy atom. The summed E-state index contributed by atoms with van der Waals surface area (Å²) >= 11 is 0. The van der Waals surface area contributed by atoms with Crippen LogP contribution in [0, 0.1) is 0 Å². The highest BCUT2D eigenvalue weighted by atomic mass is 16.5. The third-order valence-electron chi connectivity index (χ3n) is 5.15. The van der Waals surface area contributed by atoms with Gasteiger partial charge < -0.3 is 19.5 Å². The lowest BCUT2D eigenvalue weighted by Gasteiger charge is -2.14. The maximum atomic E-state index is 12.8. The molecular formula is C23H29N3O5. The molecule has 0 saturated heterocycles. The lowest BCUT2D eigenvalue weighted by atomic mass is 10.1. The minimum Gasteiger partial charge on any atom is -0.493 e. The maximum absolute atomic E-state index is 12.8. The van der Waals surface area contributed by atoms with Gasteiger partial charge in [0.05, 0.1) is 32.4 Å². The molecule has 0 bridgehead atoms. The molecule has 3 aromatic rings. The number of para-hydroxylation sites is 2. The van der Waals surface area contributed by atoms with Gasteiger partial charge in [-0.1, -0.05) is 19.1 Å². The van der Waals surface area contributed by atoms with E-state index >= 15 is 0 Å². The van der Waals surface area contributed by atoms with Gasteiger partial charge in [-0.3, -0.25) is 13.9 Å². The van der Waals surface area contributed by atoms with Crippen LogP contribution in [-0.2, 0) is 24.4 Å². The van der Waals surface area contributed by atoms with Gasteiger partial charge in [0.2, 0.25) is 11.7 Å². The molecule has 0 spiro atoms. The molecule has 2 aromatic carbocycles. The molecule has 0 unspecified atom stereocenters. The van der Waals surface area contributed by atoms with Crippen LogP contribution in [-0.4, -0.2) is 36.4 Å². The van der Waals surface area contributed by atoms with Crippen LogP contribution in [0.5, 0.6) is 17.2 Å². The lowest BCUT2D eigenvalue weighted by molar-refractivity contribution is -0.121. The summed E-state index contributed by atoms with van der Waals surface area (Å²) in [7, 11) is 4.64. The number of carbonyl (C=O) groups excluding carboxylic acids is 1. The van der Waals surface area contributed by atoms with Gasteiger partial charge in [0.1, 0.15) is 0 Å². The number of benzene rings is 2. The van der Waals surface area contributed by atoms with Crippen LogP contribution < -0.4 is 25.2 Å². The summed E-state index contributed by atoms with van der Waals surface area (Å²) in [5.41, 5.74) is 2.48.